The summed E-state index contributed by atoms with van der Waals surface area (Å²) in [7, 11) is -1.51. The molecule has 0 heterocycles. The maximum Gasteiger partial charge on any atom is 0.488 e. The van der Waals surface area contributed by atoms with Crippen molar-refractivity contribution in [2.45, 2.75) is 0 Å². The lowest BCUT2D eigenvalue weighted by atomic mass is 9.80. The van der Waals surface area contributed by atoms with Crippen LogP contribution >= 0.6 is 11.6 Å². The second-order valence-corrected chi connectivity index (χ2v) is 3.32. The summed E-state index contributed by atoms with van der Waals surface area (Å²) in [5, 5.41) is 20.3. The third-order valence-electron chi connectivity index (χ3n) is 1.85. The summed E-state index contributed by atoms with van der Waals surface area (Å²) in [5.41, 5.74) is 0.813. The molecule has 0 saturated carbocycles. The number of alkyl halides is 1. The molecular weight excluding hydrogens is 216 g/mol. The van der Waals surface area contributed by atoms with Crippen LogP contribution in [-0.4, -0.2) is 35.5 Å². The number of amides is 1. The van der Waals surface area contributed by atoms with E-state index >= 15 is 0 Å². The van der Waals surface area contributed by atoms with Crippen molar-refractivity contribution in [1.82, 2.24) is 5.32 Å². The molecule has 0 aromatic heterocycles. The molecule has 15 heavy (non-hydrogen) atoms. The first kappa shape index (κ1) is 12.0. The molecule has 80 valence electrons. The van der Waals surface area contributed by atoms with E-state index < -0.39 is 7.12 Å². The van der Waals surface area contributed by atoms with Gasteiger partial charge in [-0.2, -0.15) is 0 Å². The molecule has 1 aromatic carbocycles. The summed E-state index contributed by atoms with van der Waals surface area (Å²) in [5.74, 6) is 0.133. The van der Waals surface area contributed by atoms with Crippen molar-refractivity contribution < 1.29 is 14.8 Å². The van der Waals surface area contributed by atoms with Crippen LogP contribution in [0.3, 0.4) is 0 Å². The number of carbonyl (C=O) groups excluding carboxylic acids is 1. The minimum Gasteiger partial charge on any atom is -0.423 e. The van der Waals surface area contributed by atoms with Crippen LogP contribution in [0.1, 0.15) is 10.4 Å². The van der Waals surface area contributed by atoms with E-state index in [-0.39, 0.29) is 5.91 Å². The van der Waals surface area contributed by atoms with Crippen LogP contribution < -0.4 is 10.8 Å². The molecule has 1 amide bonds. The van der Waals surface area contributed by atoms with Gasteiger partial charge < -0.3 is 15.4 Å². The van der Waals surface area contributed by atoms with E-state index in [1.807, 2.05) is 0 Å². The zero-order valence-electron chi connectivity index (χ0n) is 7.98. The largest absolute Gasteiger partial charge is 0.488 e. The summed E-state index contributed by atoms with van der Waals surface area (Å²) in [6.45, 7) is 0.408. The molecule has 0 saturated heterocycles. The number of nitrogens with one attached hydrogen (secondary N) is 1. The van der Waals surface area contributed by atoms with Gasteiger partial charge in [-0.3, -0.25) is 4.79 Å². The number of halogens is 1. The van der Waals surface area contributed by atoms with Crippen molar-refractivity contribution in [1.29, 1.82) is 0 Å². The van der Waals surface area contributed by atoms with E-state index in [2.05, 4.69) is 5.32 Å². The molecule has 0 unspecified atom stereocenters. The minimum absolute atomic E-state index is 0.227. The number of rotatable bonds is 4. The zero-order chi connectivity index (χ0) is 11.3. The van der Waals surface area contributed by atoms with Gasteiger partial charge in [0.15, 0.2) is 0 Å². The smallest absolute Gasteiger partial charge is 0.423 e. The van der Waals surface area contributed by atoms with Gasteiger partial charge in [0.05, 0.1) is 0 Å². The Balaban J connectivity index is 2.67. The standard InChI is InChI=1S/C9H11BClNO3/c11-5-6-12-9(13)7-1-3-8(4-2-7)10(14)15/h1-4,14-15H,5-6H2,(H,12,13). The highest BCUT2D eigenvalue weighted by Gasteiger charge is 2.11. The van der Waals surface area contributed by atoms with Crippen LogP contribution in [0.15, 0.2) is 24.3 Å². The van der Waals surface area contributed by atoms with E-state index in [0.717, 1.165) is 0 Å². The van der Waals surface area contributed by atoms with Crippen molar-refractivity contribution in [2.75, 3.05) is 12.4 Å². The maximum absolute atomic E-state index is 11.4. The fourth-order valence-corrected chi connectivity index (χ4v) is 1.16. The van der Waals surface area contributed by atoms with E-state index in [9.17, 15) is 4.79 Å². The molecule has 0 atom stereocenters. The van der Waals surface area contributed by atoms with E-state index in [1.54, 1.807) is 0 Å². The van der Waals surface area contributed by atoms with Gasteiger partial charge in [-0.1, -0.05) is 12.1 Å². The monoisotopic (exact) mass is 227 g/mol. The average Bonchev–Trinajstić information content (AvgIpc) is 2.26. The van der Waals surface area contributed by atoms with E-state index in [0.29, 0.717) is 23.5 Å². The summed E-state index contributed by atoms with van der Waals surface area (Å²) in [6, 6.07) is 6.03. The van der Waals surface area contributed by atoms with Crippen LogP contribution in [0, 0.1) is 0 Å². The van der Waals surface area contributed by atoms with Crippen molar-refractivity contribution >= 4 is 30.1 Å². The molecule has 3 N–H and O–H groups in total. The SMILES string of the molecule is O=C(NCCCl)c1ccc(B(O)O)cc1. The first-order valence-electron chi connectivity index (χ1n) is 4.45. The Bertz CT molecular complexity index is 329. The molecule has 1 rings (SSSR count). The lowest BCUT2D eigenvalue weighted by Gasteiger charge is -2.04. The fraction of sp³-hybridized carbons (Fsp3) is 0.222. The summed E-state index contributed by atoms with van der Waals surface area (Å²) >= 11 is 5.42. The first-order chi connectivity index (χ1) is 7.15. The highest BCUT2D eigenvalue weighted by Crippen LogP contribution is 1.97. The van der Waals surface area contributed by atoms with Crippen molar-refractivity contribution in [3.05, 3.63) is 29.8 Å². The molecule has 1 aromatic rings. The topological polar surface area (TPSA) is 69.6 Å². The van der Waals surface area contributed by atoms with Crippen LogP contribution in [0.25, 0.3) is 0 Å². The van der Waals surface area contributed by atoms with Crippen LogP contribution in [0.2, 0.25) is 0 Å². The number of benzene rings is 1. The third-order valence-corrected chi connectivity index (χ3v) is 2.04. The molecule has 0 fully saturated rings. The van der Waals surface area contributed by atoms with Crippen molar-refractivity contribution in [3.63, 3.8) is 0 Å². The quantitative estimate of drug-likeness (QED) is 0.472. The third kappa shape index (κ3) is 3.55. The molecule has 6 heteroatoms. The van der Waals surface area contributed by atoms with Gasteiger partial charge in [-0.15, -0.1) is 11.6 Å². The molecule has 0 radical (unpaired) electrons. The molecule has 0 aliphatic heterocycles. The Hall–Kier alpha value is -1.04. The van der Waals surface area contributed by atoms with Gasteiger partial charge in [0, 0.05) is 18.0 Å². The van der Waals surface area contributed by atoms with Gasteiger partial charge in [0.2, 0.25) is 0 Å². The summed E-state index contributed by atoms with van der Waals surface area (Å²) in [6.07, 6.45) is 0. The molecule has 0 aliphatic rings. The van der Waals surface area contributed by atoms with Gasteiger partial charge in [-0.25, -0.2) is 0 Å². The van der Waals surface area contributed by atoms with Gasteiger partial charge in [-0.05, 0) is 17.6 Å². The lowest BCUT2D eigenvalue weighted by Crippen LogP contribution is -2.30. The van der Waals surface area contributed by atoms with E-state index in [1.165, 1.54) is 24.3 Å². The minimum atomic E-state index is -1.51. The molecule has 0 spiro atoms. The Morgan fingerprint density at radius 2 is 1.93 bits per heavy atom. The molecule has 4 nitrogen and oxygen atoms in total. The maximum atomic E-state index is 11.4. The van der Waals surface area contributed by atoms with Gasteiger partial charge >= 0.3 is 7.12 Å². The van der Waals surface area contributed by atoms with Crippen molar-refractivity contribution in [3.8, 4) is 0 Å². The molecular formula is C9H11BClNO3. The Labute approximate surface area is 93.0 Å². The summed E-state index contributed by atoms with van der Waals surface area (Å²) in [4.78, 5) is 11.4. The number of hydrogen-bond acceptors (Lipinski definition) is 3. The lowest BCUT2D eigenvalue weighted by molar-refractivity contribution is 0.0956. The Morgan fingerprint density at radius 1 is 1.33 bits per heavy atom. The van der Waals surface area contributed by atoms with Crippen molar-refractivity contribution in [2.24, 2.45) is 0 Å². The fourth-order valence-electron chi connectivity index (χ4n) is 1.07. The second-order valence-electron chi connectivity index (χ2n) is 2.94. The van der Waals surface area contributed by atoms with Gasteiger partial charge in [0.25, 0.3) is 5.91 Å². The van der Waals surface area contributed by atoms with Gasteiger partial charge in [0.1, 0.15) is 0 Å². The number of hydrogen-bond donors (Lipinski definition) is 3. The zero-order valence-corrected chi connectivity index (χ0v) is 8.74. The Morgan fingerprint density at radius 3 is 2.40 bits per heavy atom. The normalized spacial score (nSPS) is 9.80. The van der Waals surface area contributed by atoms with Crippen LogP contribution in [0.4, 0.5) is 0 Å². The van der Waals surface area contributed by atoms with E-state index in [4.69, 9.17) is 21.6 Å². The predicted octanol–water partition coefficient (Wildman–Crippen LogP) is -0.665. The molecule has 0 bridgehead atoms. The van der Waals surface area contributed by atoms with Crippen LogP contribution in [0.5, 0.6) is 0 Å². The molecule has 0 aliphatic carbocycles. The average molecular weight is 227 g/mol. The number of carbonyl (C=O) groups is 1. The second kappa shape index (κ2) is 5.75. The highest BCUT2D eigenvalue weighted by molar-refractivity contribution is 6.58. The van der Waals surface area contributed by atoms with Crippen LogP contribution in [-0.2, 0) is 0 Å². The highest BCUT2D eigenvalue weighted by atomic mass is 35.5. The summed E-state index contributed by atoms with van der Waals surface area (Å²) < 4.78 is 0. The predicted molar refractivity (Wildman–Crippen MR) is 59.3 cm³/mol. The Kier molecular flexibility index (Phi) is 4.61. The first-order valence-corrected chi connectivity index (χ1v) is 4.99.